The van der Waals surface area contributed by atoms with Crippen molar-refractivity contribution in [2.45, 2.75) is 52.9 Å². The van der Waals surface area contributed by atoms with Gasteiger partial charge in [0.15, 0.2) is 0 Å². The molecule has 1 N–H and O–H groups in total. The van der Waals surface area contributed by atoms with Crippen molar-refractivity contribution < 1.29 is 9.90 Å². The quantitative estimate of drug-likeness (QED) is 0.392. The van der Waals surface area contributed by atoms with E-state index in [0.29, 0.717) is 5.57 Å². The molecule has 0 aliphatic rings. The van der Waals surface area contributed by atoms with Gasteiger partial charge in [-0.3, -0.25) is 0 Å². The number of hydrogen-bond donors (Lipinski definition) is 1. The lowest BCUT2D eigenvalue weighted by molar-refractivity contribution is -0.132. The maximum atomic E-state index is 10.5. The molecule has 0 bridgehead atoms. The molecule has 0 aliphatic heterocycles. The molecule has 0 aromatic rings. The van der Waals surface area contributed by atoms with Gasteiger partial charge in [-0.05, 0) is 33.1 Å². The monoisotopic (exact) mass is 210 g/mol. The number of rotatable bonds is 7. The summed E-state index contributed by atoms with van der Waals surface area (Å²) in [6.45, 7) is 5.93. The number of hydrogen-bond acceptors (Lipinski definition) is 1. The molecule has 15 heavy (non-hydrogen) atoms. The Morgan fingerprint density at radius 3 is 2.40 bits per heavy atom. The fraction of sp³-hybridized carbons (Fsp3) is 0.615. The third-order valence-corrected chi connectivity index (χ3v) is 2.38. The largest absolute Gasteiger partial charge is 0.478 e. The molecule has 0 saturated heterocycles. The van der Waals surface area contributed by atoms with Crippen molar-refractivity contribution in [3.63, 3.8) is 0 Å². The Bertz CT molecular complexity index is 249. The first-order chi connectivity index (χ1) is 7.07. The summed E-state index contributed by atoms with van der Waals surface area (Å²) >= 11 is 0. The van der Waals surface area contributed by atoms with Gasteiger partial charge in [-0.1, -0.05) is 37.5 Å². The van der Waals surface area contributed by atoms with Crippen LogP contribution in [-0.4, -0.2) is 11.1 Å². The molecular weight excluding hydrogens is 188 g/mol. The fourth-order valence-corrected chi connectivity index (χ4v) is 1.26. The SMILES string of the molecule is CCCC/C=C(\C)CC/C=C(\C)C(=O)O. The number of aliphatic carboxylic acids is 1. The lowest BCUT2D eigenvalue weighted by Gasteiger charge is -1.99. The van der Waals surface area contributed by atoms with E-state index in [4.69, 9.17) is 5.11 Å². The van der Waals surface area contributed by atoms with Gasteiger partial charge in [-0.2, -0.15) is 0 Å². The minimum atomic E-state index is -0.817. The first-order valence-electron chi connectivity index (χ1n) is 5.63. The van der Waals surface area contributed by atoms with E-state index >= 15 is 0 Å². The van der Waals surface area contributed by atoms with Crippen LogP contribution in [0.2, 0.25) is 0 Å². The highest BCUT2D eigenvalue weighted by Crippen LogP contribution is 2.09. The van der Waals surface area contributed by atoms with Gasteiger partial charge >= 0.3 is 5.97 Å². The molecule has 0 aromatic carbocycles. The minimum Gasteiger partial charge on any atom is -0.478 e. The zero-order valence-electron chi connectivity index (χ0n) is 10.0. The summed E-state index contributed by atoms with van der Waals surface area (Å²) in [4.78, 5) is 10.5. The molecule has 0 rings (SSSR count). The van der Waals surface area contributed by atoms with Crippen molar-refractivity contribution in [1.82, 2.24) is 0 Å². The summed E-state index contributed by atoms with van der Waals surface area (Å²) in [5.41, 5.74) is 1.80. The lowest BCUT2D eigenvalue weighted by atomic mass is 10.1. The van der Waals surface area contributed by atoms with Crippen molar-refractivity contribution in [3.8, 4) is 0 Å². The Balaban J connectivity index is 3.80. The van der Waals surface area contributed by atoms with Crippen molar-refractivity contribution >= 4 is 5.97 Å². The van der Waals surface area contributed by atoms with E-state index in [2.05, 4.69) is 19.9 Å². The van der Waals surface area contributed by atoms with E-state index in [-0.39, 0.29) is 0 Å². The Kier molecular flexibility index (Phi) is 7.69. The highest BCUT2D eigenvalue weighted by Gasteiger charge is 1.97. The summed E-state index contributed by atoms with van der Waals surface area (Å²) < 4.78 is 0. The van der Waals surface area contributed by atoms with E-state index in [9.17, 15) is 4.79 Å². The molecule has 0 heterocycles. The number of carboxylic acid groups (broad SMARTS) is 1. The van der Waals surface area contributed by atoms with Crippen LogP contribution in [0.15, 0.2) is 23.3 Å². The second-order valence-corrected chi connectivity index (χ2v) is 3.92. The van der Waals surface area contributed by atoms with E-state index in [0.717, 1.165) is 19.3 Å². The van der Waals surface area contributed by atoms with Crippen molar-refractivity contribution in [1.29, 1.82) is 0 Å². The molecule has 0 unspecified atom stereocenters. The van der Waals surface area contributed by atoms with Crippen LogP contribution in [0.5, 0.6) is 0 Å². The number of allylic oxidation sites excluding steroid dienone is 3. The zero-order valence-corrected chi connectivity index (χ0v) is 10.0. The molecule has 0 spiro atoms. The topological polar surface area (TPSA) is 37.3 Å². The van der Waals surface area contributed by atoms with Crippen LogP contribution in [-0.2, 0) is 4.79 Å². The first-order valence-corrected chi connectivity index (χ1v) is 5.63. The first kappa shape index (κ1) is 13.9. The second-order valence-electron chi connectivity index (χ2n) is 3.92. The third kappa shape index (κ3) is 7.98. The van der Waals surface area contributed by atoms with Crippen LogP contribution >= 0.6 is 0 Å². The Labute approximate surface area is 92.7 Å². The van der Waals surface area contributed by atoms with Gasteiger partial charge < -0.3 is 5.11 Å². The predicted molar refractivity (Wildman–Crippen MR) is 63.9 cm³/mol. The van der Waals surface area contributed by atoms with Crippen LogP contribution in [0.1, 0.15) is 52.9 Å². The molecule has 2 nitrogen and oxygen atoms in total. The maximum absolute atomic E-state index is 10.5. The fourth-order valence-electron chi connectivity index (χ4n) is 1.26. The highest BCUT2D eigenvalue weighted by molar-refractivity contribution is 5.85. The molecule has 0 fully saturated rings. The zero-order chi connectivity index (χ0) is 11.7. The molecule has 0 radical (unpaired) electrons. The van der Waals surface area contributed by atoms with E-state index in [1.54, 1.807) is 13.0 Å². The molecule has 0 amide bonds. The molecule has 2 heteroatoms. The Morgan fingerprint density at radius 1 is 1.20 bits per heavy atom. The standard InChI is InChI=1S/C13H22O2/c1-4-5-6-8-11(2)9-7-10-12(3)13(14)15/h8,10H,4-7,9H2,1-3H3,(H,14,15)/b11-8+,12-10+. The molecule has 86 valence electrons. The van der Waals surface area contributed by atoms with Crippen LogP contribution in [0.3, 0.4) is 0 Å². The molecule has 0 saturated carbocycles. The lowest BCUT2D eigenvalue weighted by Crippen LogP contribution is -1.95. The Hall–Kier alpha value is -1.05. The van der Waals surface area contributed by atoms with Gasteiger partial charge in [0.1, 0.15) is 0 Å². The van der Waals surface area contributed by atoms with Gasteiger partial charge in [0.2, 0.25) is 0 Å². The second kappa shape index (κ2) is 8.27. The van der Waals surface area contributed by atoms with E-state index in [1.165, 1.54) is 18.4 Å². The number of carbonyl (C=O) groups is 1. The highest BCUT2D eigenvalue weighted by atomic mass is 16.4. The van der Waals surface area contributed by atoms with Gasteiger partial charge in [0.25, 0.3) is 0 Å². The van der Waals surface area contributed by atoms with Crippen LogP contribution < -0.4 is 0 Å². The molecule has 0 atom stereocenters. The molecule has 0 aliphatic carbocycles. The van der Waals surface area contributed by atoms with Crippen LogP contribution in [0, 0.1) is 0 Å². The molecular formula is C13H22O2. The van der Waals surface area contributed by atoms with Gasteiger partial charge in [0, 0.05) is 5.57 Å². The van der Waals surface area contributed by atoms with Crippen LogP contribution in [0.25, 0.3) is 0 Å². The normalized spacial score (nSPS) is 13.0. The third-order valence-electron chi connectivity index (χ3n) is 2.38. The number of carboxylic acids is 1. The van der Waals surface area contributed by atoms with Gasteiger partial charge in [-0.15, -0.1) is 0 Å². The Morgan fingerprint density at radius 2 is 1.87 bits per heavy atom. The number of unbranched alkanes of at least 4 members (excludes halogenated alkanes) is 2. The van der Waals surface area contributed by atoms with Crippen molar-refractivity contribution in [2.24, 2.45) is 0 Å². The van der Waals surface area contributed by atoms with Crippen LogP contribution in [0.4, 0.5) is 0 Å². The predicted octanol–water partition coefficient (Wildman–Crippen LogP) is 3.93. The van der Waals surface area contributed by atoms with Crippen molar-refractivity contribution in [3.05, 3.63) is 23.3 Å². The summed E-state index contributed by atoms with van der Waals surface area (Å²) in [5.74, 6) is -0.817. The average Bonchev–Trinajstić information content (AvgIpc) is 2.18. The van der Waals surface area contributed by atoms with Gasteiger partial charge in [0.05, 0.1) is 0 Å². The van der Waals surface area contributed by atoms with Gasteiger partial charge in [-0.25, -0.2) is 4.79 Å². The van der Waals surface area contributed by atoms with E-state index in [1.807, 2.05) is 0 Å². The average molecular weight is 210 g/mol. The summed E-state index contributed by atoms with van der Waals surface area (Å²) in [5, 5.41) is 8.64. The summed E-state index contributed by atoms with van der Waals surface area (Å²) in [6.07, 6.45) is 9.45. The van der Waals surface area contributed by atoms with Crippen molar-refractivity contribution in [2.75, 3.05) is 0 Å². The smallest absolute Gasteiger partial charge is 0.330 e. The maximum Gasteiger partial charge on any atom is 0.330 e. The minimum absolute atomic E-state index is 0.441. The summed E-state index contributed by atoms with van der Waals surface area (Å²) in [6, 6.07) is 0. The van der Waals surface area contributed by atoms with E-state index < -0.39 is 5.97 Å². The molecule has 0 aromatic heterocycles. The summed E-state index contributed by atoms with van der Waals surface area (Å²) in [7, 11) is 0.